The van der Waals surface area contributed by atoms with Crippen molar-refractivity contribution in [2.75, 3.05) is 5.88 Å². The first-order valence-electron chi connectivity index (χ1n) is 3.20. The number of hydrogen-bond donors (Lipinski definition) is 1. The molecule has 0 aliphatic rings. The lowest BCUT2D eigenvalue weighted by molar-refractivity contribution is 0.201. The molecule has 0 aromatic carbocycles. The van der Waals surface area contributed by atoms with Gasteiger partial charge in [0.25, 0.3) is 0 Å². The van der Waals surface area contributed by atoms with E-state index in [1.165, 1.54) is 0 Å². The fourth-order valence-corrected chi connectivity index (χ4v) is 0.609. The van der Waals surface area contributed by atoms with Crippen molar-refractivity contribution in [1.29, 1.82) is 0 Å². The van der Waals surface area contributed by atoms with Gasteiger partial charge in [-0.3, -0.25) is 0 Å². The van der Waals surface area contributed by atoms with Crippen LogP contribution in [0.15, 0.2) is 12.2 Å². The van der Waals surface area contributed by atoms with Crippen LogP contribution in [0, 0.1) is 0 Å². The number of halogens is 1. The minimum atomic E-state index is -0.366. The predicted molar refractivity (Wildman–Crippen MR) is 40.8 cm³/mol. The Balaban J connectivity index is 3.15. The average molecular weight is 149 g/mol. The van der Waals surface area contributed by atoms with Gasteiger partial charge in [0.15, 0.2) is 0 Å². The molecule has 9 heavy (non-hydrogen) atoms. The van der Waals surface area contributed by atoms with E-state index >= 15 is 0 Å². The highest BCUT2D eigenvalue weighted by Gasteiger charge is 1.95. The van der Waals surface area contributed by atoms with Crippen molar-refractivity contribution < 1.29 is 5.11 Å². The summed E-state index contributed by atoms with van der Waals surface area (Å²) in [6.07, 6.45) is 5.31. The summed E-state index contributed by atoms with van der Waals surface area (Å²) >= 11 is 5.35. The van der Waals surface area contributed by atoms with Gasteiger partial charge in [0.05, 0.1) is 6.10 Å². The van der Waals surface area contributed by atoms with Crippen molar-refractivity contribution >= 4 is 11.6 Å². The van der Waals surface area contributed by atoms with Gasteiger partial charge in [-0.05, 0) is 12.8 Å². The zero-order chi connectivity index (χ0) is 7.11. The minimum absolute atomic E-state index is 0.327. The topological polar surface area (TPSA) is 20.2 Å². The summed E-state index contributed by atoms with van der Waals surface area (Å²) in [6, 6.07) is 0. The smallest absolute Gasteiger partial charge is 0.0709 e. The van der Waals surface area contributed by atoms with E-state index in [0.717, 1.165) is 6.42 Å². The summed E-state index contributed by atoms with van der Waals surface area (Å²) in [5, 5.41) is 8.90. The van der Waals surface area contributed by atoms with Crippen LogP contribution in [0.3, 0.4) is 0 Å². The molecule has 0 fully saturated rings. The first kappa shape index (κ1) is 8.99. The molecule has 1 unspecified atom stereocenters. The average Bonchev–Trinajstić information content (AvgIpc) is 1.89. The first-order valence-corrected chi connectivity index (χ1v) is 3.73. The Bertz CT molecular complexity index is 81.0. The standard InChI is InChI=1S/C7H13ClO/c1-2-3-4-5-7(9)6-8/h3-4,7,9H,2,5-6H2,1H3/b4-3-. The lowest BCUT2D eigenvalue weighted by Crippen LogP contribution is -2.05. The van der Waals surface area contributed by atoms with Gasteiger partial charge in [0.1, 0.15) is 0 Å². The van der Waals surface area contributed by atoms with Gasteiger partial charge in [-0.25, -0.2) is 0 Å². The number of hydrogen-bond acceptors (Lipinski definition) is 1. The predicted octanol–water partition coefficient (Wildman–Crippen LogP) is 1.94. The van der Waals surface area contributed by atoms with E-state index in [1.54, 1.807) is 0 Å². The largest absolute Gasteiger partial charge is 0.392 e. The molecule has 0 aromatic heterocycles. The molecule has 0 aliphatic heterocycles. The van der Waals surface area contributed by atoms with E-state index in [9.17, 15) is 0 Å². The molecular formula is C7H13ClO. The molecule has 0 radical (unpaired) electrons. The number of aliphatic hydroxyl groups excluding tert-OH is 1. The quantitative estimate of drug-likeness (QED) is 0.477. The van der Waals surface area contributed by atoms with E-state index in [2.05, 4.69) is 6.92 Å². The number of aliphatic hydroxyl groups is 1. The zero-order valence-corrected chi connectivity index (χ0v) is 6.43. The molecule has 0 aliphatic carbocycles. The van der Waals surface area contributed by atoms with E-state index < -0.39 is 0 Å². The molecule has 0 amide bonds. The van der Waals surface area contributed by atoms with Gasteiger partial charge in [-0.1, -0.05) is 19.1 Å². The van der Waals surface area contributed by atoms with Gasteiger partial charge >= 0.3 is 0 Å². The maximum atomic E-state index is 8.90. The summed E-state index contributed by atoms with van der Waals surface area (Å²) in [6.45, 7) is 2.06. The molecule has 0 spiro atoms. The zero-order valence-electron chi connectivity index (χ0n) is 5.68. The van der Waals surface area contributed by atoms with Crippen molar-refractivity contribution in [3.8, 4) is 0 Å². The van der Waals surface area contributed by atoms with Gasteiger partial charge < -0.3 is 5.11 Å². The van der Waals surface area contributed by atoms with E-state index in [1.807, 2.05) is 12.2 Å². The highest BCUT2D eigenvalue weighted by molar-refractivity contribution is 6.18. The lowest BCUT2D eigenvalue weighted by atomic mass is 10.2. The Morgan fingerprint density at radius 3 is 2.67 bits per heavy atom. The minimum Gasteiger partial charge on any atom is -0.392 e. The third-order valence-corrected chi connectivity index (χ3v) is 1.34. The maximum Gasteiger partial charge on any atom is 0.0709 e. The Labute approximate surface area is 61.3 Å². The van der Waals surface area contributed by atoms with E-state index in [-0.39, 0.29) is 6.10 Å². The monoisotopic (exact) mass is 148 g/mol. The second kappa shape index (κ2) is 6.12. The van der Waals surface area contributed by atoms with Crippen LogP contribution in [0.2, 0.25) is 0 Å². The Hall–Kier alpha value is -0.0100. The van der Waals surface area contributed by atoms with Crippen LogP contribution < -0.4 is 0 Å². The van der Waals surface area contributed by atoms with E-state index in [0.29, 0.717) is 12.3 Å². The normalized spacial score (nSPS) is 14.6. The molecule has 0 aromatic rings. The highest BCUT2D eigenvalue weighted by atomic mass is 35.5. The van der Waals surface area contributed by atoms with E-state index in [4.69, 9.17) is 16.7 Å². The maximum absolute atomic E-state index is 8.90. The molecule has 1 nitrogen and oxygen atoms in total. The molecule has 0 rings (SSSR count). The molecule has 0 heterocycles. The van der Waals surface area contributed by atoms with Crippen LogP contribution in [-0.4, -0.2) is 17.1 Å². The van der Waals surface area contributed by atoms with Gasteiger partial charge in [-0.2, -0.15) is 0 Å². The van der Waals surface area contributed by atoms with Crippen molar-refractivity contribution in [3.05, 3.63) is 12.2 Å². The van der Waals surface area contributed by atoms with Crippen molar-refractivity contribution in [2.45, 2.75) is 25.9 Å². The fraction of sp³-hybridized carbons (Fsp3) is 0.714. The summed E-state index contributed by atoms with van der Waals surface area (Å²) in [5.41, 5.74) is 0. The van der Waals surface area contributed by atoms with Crippen LogP contribution in [0.1, 0.15) is 19.8 Å². The Kier molecular flexibility index (Phi) is 6.11. The molecule has 1 atom stereocenters. The highest BCUT2D eigenvalue weighted by Crippen LogP contribution is 1.95. The van der Waals surface area contributed by atoms with Crippen LogP contribution in [-0.2, 0) is 0 Å². The van der Waals surface area contributed by atoms with Gasteiger partial charge in [0.2, 0.25) is 0 Å². The second-order valence-electron chi connectivity index (χ2n) is 1.92. The first-order chi connectivity index (χ1) is 4.31. The van der Waals surface area contributed by atoms with Crippen molar-refractivity contribution in [3.63, 3.8) is 0 Å². The fourth-order valence-electron chi connectivity index (χ4n) is 0.483. The Morgan fingerprint density at radius 1 is 1.56 bits per heavy atom. The SMILES string of the molecule is CC/C=C\CC(O)CCl. The van der Waals surface area contributed by atoms with Crippen molar-refractivity contribution in [1.82, 2.24) is 0 Å². The molecule has 2 heteroatoms. The third kappa shape index (κ3) is 5.87. The molecular weight excluding hydrogens is 136 g/mol. The van der Waals surface area contributed by atoms with Crippen molar-refractivity contribution in [2.24, 2.45) is 0 Å². The van der Waals surface area contributed by atoms with Crippen LogP contribution in [0.5, 0.6) is 0 Å². The molecule has 1 N–H and O–H groups in total. The molecule has 0 saturated heterocycles. The number of alkyl halides is 1. The molecule has 0 bridgehead atoms. The molecule has 0 saturated carbocycles. The Morgan fingerprint density at radius 2 is 2.22 bits per heavy atom. The summed E-state index contributed by atoms with van der Waals surface area (Å²) < 4.78 is 0. The van der Waals surface area contributed by atoms with Gasteiger partial charge in [0, 0.05) is 5.88 Å². The third-order valence-electron chi connectivity index (χ3n) is 0.989. The summed E-state index contributed by atoms with van der Waals surface area (Å²) in [7, 11) is 0. The van der Waals surface area contributed by atoms with Crippen LogP contribution in [0.25, 0.3) is 0 Å². The lowest BCUT2D eigenvalue weighted by Gasteiger charge is -1.99. The van der Waals surface area contributed by atoms with Crippen LogP contribution in [0.4, 0.5) is 0 Å². The number of allylic oxidation sites excluding steroid dienone is 1. The molecule has 54 valence electrons. The summed E-state index contributed by atoms with van der Waals surface area (Å²) in [5.74, 6) is 0.327. The summed E-state index contributed by atoms with van der Waals surface area (Å²) in [4.78, 5) is 0. The van der Waals surface area contributed by atoms with Gasteiger partial charge in [-0.15, -0.1) is 11.6 Å². The second-order valence-corrected chi connectivity index (χ2v) is 2.23. The number of rotatable bonds is 4. The van der Waals surface area contributed by atoms with Crippen LogP contribution >= 0.6 is 11.6 Å².